The second-order valence-electron chi connectivity index (χ2n) is 15.2. The first-order chi connectivity index (χ1) is 24.6. The van der Waals surface area contributed by atoms with Crippen molar-refractivity contribution in [3.63, 3.8) is 0 Å². The molecule has 5 amide bonds. The number of carbonyl (C=O) groups excluding carboxylic acids is 5. The zero-order valence-corrected chi connectivity index (χ0v) is 32.5. The molecule has 0 heterocycles. The third-order valence-corrected chi connectivity index (χ3v) is 9.13. The van der Waals surface area contributed by atoms with Crippen molar-refractivity contribution in [2.75, 3.05) is 6.54 Å². The van der Waals surface area contributed by atoms with E-state index in [4.69, 9.17) is 5.73 Å². The van der Waals surface area contributed by atoms with Crippen molar-refractivity contribution >= 4 is 29.5 Å². The average Bonchev–Trinajstić information content (AvgIpc) is 3.08. The van der Waals surface area contributed by atoms with Crippen LogP contribution in [0, 0.1) is 23.7 Å². The van der Waals surface area contributed by atoms with E-state index < -0.39 is 47.9 Å². The van der Waals surface area contributed by atoms with Crippen LogP contribution in [0.5, 0.6) is 0 Å². The Morgan fingerprint density at radius 1 is 0.635 bits per heavy atom. The van der Waals surface area contributed by atoms with E-state index >= 15 is 0 Å². The van der Waals surface area contributed by atoms with E-state index in [0.29, 0.717) is 38.6 Å². The second kappa shape index (κ2) is 22.6. The fourth-order valence-electron chi connectivity index (χ4n) is 5.94. The van der Waals surface area contributed by atoms with Crippen molar-refractivity contribution in [2.24, 2.45) is 29.4 Å². The van der Waals surface area contributed by atoms with E-state index in [1.54, 1.807) is 0 Å². The largest absolute Gasteiger partial charge is 0.354 e. The Morgan fingerprint density at radius 3 is 1.75 bits per heavy atom. The third-order valence-electron chi connectivity index (χ3n) is 9.13. The van der Waals surface area contributed by atoms with Crippen molar-refractivity contribution in [3.8, 4) is 0 Å². The topological polar surface area (TPSA) is 172 Å². The van der Waals surface area contributed by atoms with Crippen LogP contribution in [-0.2, 0) is 36.8 Å². The molecule has 0 radical (unpaired) electrons. The van der Waals surface area contributed by atoms with E-state index in [1.807, 2.05) is 116 Å². The van der Waals surface area contributed by atoms with Crippen LogP contribution in [0.1, 0.15) is 92.2 Å². The minimum absolute atomic E-state index is 0.123. The van der Waals surface area contributed by atoms with Gasteiger partial charge in [0.25, 0.3) is 0 Å². The number of amides is 5. The molecule has 0 spiro atoms. The van der Waals surface area contributed by atoms with Gasteiger partial charge in [-0.3, -0.25) is 24.0 Å². The summed E-state index contributed by atoms with van der Waals surface area (Å²) >= 11 is 0. The Bertz CT molecular complexity index is 1400. The van der Waals surface area contributed by atoms with Gasteiger partial charge >= 0.3 is 0 Å². The molecule has 2 aromatic carbocycles. The molecule has 0 aliphatic heterocycles. The molecule has 0 saturated heterocycles. The summed E-state index contributed by atoms with van der Waals surface area (Å²) in [5.41, 5.74) is 8.70. The van der Waals surface area contributed by atoms with Gasteiger partial charge in [0.15, 0.2) is 0 Å². The summed E-state index contributed by atoms with van der Waals surface area (Å²) in [6, 6.07) is 15.4. The van der Waals surface area contributed by atoms with Gasteiger partial charge in [-0.15, -0.1) is 0 Å². The number of carbonyl (C=O) groups is 5. The normalized spacial score (nSPS) is 14.8. The molecule has 11 nitrogen and oxygen atoms in total. The van der Waals surface area contributed by atoms with Crippen LogP contribution in [0.25, 0.3) is 0 Å². The van der Waals surface area contributed by atoms with Crippen LogP contribution < -0.4 is 32.3 Å². The molecule has 11 heteroatoms. The zero-order valence-electron chi connectivity index (χ0n) is 32.5. The molecule has 0 aromatic heterocycles. The summed E-state index contributed by atoms with van der Waals surface area (Å²) in [6.45, 7) is 15.8. The van der Waals surface area contributed by atoms with Crippen LogP contribution >= 0.6 is 0 Å². The Labute approximate surface area is 311 Å². The SMILES string of the molecule is CC[C@H](C)[C@H](NC(=O)C[C@H](N)[C@H](Cc1ccccc1)NC(=O)C(NC(=O)[C@H](CC(C)C)NC(=O)CC(C)C)C(C)C)C(=O)NCCc1ccccc1. The summed E-state index contributed by atoms with van der Waals surface area (Å²) in [7, 11) is 0. The molecular weight excluding hydrogens is 656 g/mol. The molecule has 0 aliphatic carbocycles. The molecule has 0 fully saturated rings. The van der Waals surface area contributed by atoms with Crippen molar-refractivity contribution < 1.29 is 24.0 Å². The number of hydrogen-bond acceptors (Lipinski definition) is 6. The van der Waals surface area contributed by atoms with Gasteiger partial charge in [0.1, 0.15) is 18.1 Å². The number of hydrogen-bond donors (Lipinski definition) is 6. The summed E-state index contributed by atoms with van der Waals surface area (Å²) in [5.74, 6) is -1.89. The van der Waals surface area contributed by atoms with Gasteiger partial charge in [0, 0.05) is 31.5 Å². The zero-order chi connectivity index (χ0) is 38.8. The summed E-state index contributed by atoms with van der Waals surface area (Å²) in [6.07, 6.45) is 2.26. The lowest BCUT2D eigenvalue weighted by Gasteiger charge is -2.31. The molecular formula is C41H64N6O5. The minimum atomic E-state index is -0.919. The van der Waals surface area contributed by atoms with Crippen LogP contribution in [0.15, 0.2) is 60.7 Å². The van der Waals surface area contributed by atoms with E-state index in [1.165, 1.54) is 0 Å². The maximum Gasteiger partial charge on any atom is 0.243 e. The molecule has 2 rings (SSSR count). The maximum atomic E-state index is 13.9. The predicted molar refractivity (Wildman–Crippen MR) is 207 cm³/mol. The predicted octanol–water partition coefficient (Wildman–Crippen LogP) is 4.04. The lowest BCUT2D eigenvalue weighted by atomic mass is 9.94. The molecule has 52 heavy (non-hydrogen) atoms. The number of nitrogens with one attached hydrogen (secondary N) is 5. The van der Waals surface area contributed by atoms with Gasteiger partial charge in [0.05, 0.1) is 0 Å². The highest BCUT2D eigenvalue weighted by atomic mass is 16.2. The van der Waals surface area contributed by atoms with E-state index in [2.05, 4.69) is 26.6 Å². The fraction of sp³-hybridized carbons (Fsp3) is 0.585. The number of nitrogens with two attached hydrogens (primary N) is 1. The molecule has 2 aromatic rings. The summed E-state index contributed by atoms with van der Waals surface area (Å²) in [5, 5.41) is 14.6. The lowest BCUT2D eigenvalue weighted by Crippen LogP contribution is -2.59. The van der Waals surface area contributed by atoms with Crippen LogP contribution in [0.2, 0.25) is 0 Å². The smallest absolute Gasteiger partial charge is 0.243 e. The standard InChI is InChI=1S/C41H64N6O5/c1-9-29(8)38(40(51)43-21-20-30-16-12-10-13-17-30)46-36(49)25-32(42)33(24-31-18-14-11-15-19-31)45-41(52)37(28(6)7)47-39(50)34(22-26(2)3)44-35(48)23-27(4)5/h10-19,26-29,32-34,37-38H,9,20-25,42H2,1-8H3,(H,43,51)(H,44,48)(H,45,52)(H,46,49)(H,47,50)/t29-,32-,33-,34-,37?,38-/m0/s1. The van der Waals surface area contributed by atoms with Crippen molar-refractivity contribution in [2.45, 2.75) is 124 Å². The summed E-state index contributed by atoms with van der Waals surface area (Å²) in [4.78, 5) is 66.7. The Morgan fingerprint density at radius 2 is 1.21 bits per heavy atom. The minimum Gasteiger partial charge on any atom is -0.354 e. The number of benzene rings is 2. The van der Waals surface area contributed by atoms with Crippen molar-refractivity contribution in [3.05, 3.63) is 71.8 Å². The van der Waals surface area contributed by atoms with Crippen LogP contribution in [0.4, 0.5) is 0 Å². The lowest BCUT2D eigenvalue weighted by molar-refractivity contribution is -0.133. The first-order valence-electron chi connectivity index (χ1n) is 18.9. The van der Waals surface area contributed by atoms with Gasteiger partial charge in [-0.1, -0.05) is 122 Å². The number of rotatable bonds is 22. The molecule has 1 unspecified atom stereocenters. The van der Waals surface area contributed by atoms with Crippen molar-refractivity contribution in [1.82, 2.24) is 26.6 Å². The van der Waals surface area contributed by atoms with E-state index in [0.717, 1.165) is 11.1 Å². The third kappa shape index (κ3) is 16.0. The quantitative estimate of drug-likeness (QED) is 0.107. The van der Waals surface area contributed by atoms with Gasteiger partial charge in [0.2, 0.25) is 29.5 Å². The molecule has 7 N–H and O–H groups in total. The van der Waals surface area contributed by atoms with Gasteiger partial charge < -0.3 is 32.3 Å². The molecule has 288 valence electrons. The monoisotopic (exact) mass is 720 g/mol. The fourth-order valence-corrected chi connectivity index (χ4v) is 5.94. The molecule has 0 bridgehead atoms. The van der Waals surface area contributed by atoms with Gasteiger partial charge in [-0.25, -0.2) is 0 Å². The second-order valence-corrected chi connectivity index (χ2v) is 15.2. The van der Waals surface area contributed by atoms with Crippen LogP contribution in [0.3, 0.4) is 0 Å². The molecule has 0 saturated carbocycles. The van der Waals surface area contributed by atoms with Gasteiger partial charge in [-0.05, 0) is 54.1 Å². The molecule has 0 aliphatic rings. The Balaban J connectivity index is 2.19. The Kier molecular flexibility index (Phi) is 19.1. The highest BCUT2D eigenvalue weighted by Gasteiger charge is 2.33. The van der Waals surface area contributed by atoms with E-state index in [9.17, 15) is 24.0 Å². The average molecular weight is 721 g/mol. The maximum absolute atomic E-state index is 13.9. The van der Waals surface area contributed by atoms with Gasteiger partial charge in [-0.2, -0.15) is 0 Å². The first kappa shape index (κ1) is 43.9. The summed E-state index contributed by atoms with van der Waals surface area (Å²) < 4.78 is 0. The highest BCUT2D eigenvalue weighted by molar-refractivity contribution is 5.92. The van der Waals surface area contributed by atoms with Crippen molar-refractivity contribution in [1.29, 1.82) is 0 Å². The first-order valence-corrected chi connectivity index (χ1v) is 18.9. The Hall–Kier alpha value is -4.25. The van der Waals surface area contributed by atoms with Crippen LogP contribution in [-0.4, -0.2) is 66.3 Å². The highest BCUT2D eigenvalue weighted by Crippen LogP contribution is 2.14. The van der Waals surface area contributed by atoms with E-state index in [-0.39, 0.29) is 41.9 Å². The molecule has 6 atom stereocenters.